The Morgan fingerprint density at radius 1 is 1.62 bits per heavy atom. The first-order valence-electron chi connectivity index (χ1n) is 2.81. The van der Waals surface area contributed by atoms with Crippen LogP contribution in [0.5, 0.6) is 0 Å². The summed E-state index contributed by atoms with van der Waals surface area (Å²) in [5, 5.41) is 8.44. The third-order valence-corrected chi connectivity index (χ3v) is 0.955. The van der Waals surface area contributed by atoms with Gasteiger partial charge in [-0.05, 0) is 18.9 Å². The van der Waals surface area contributed by atoms with E-state index in [0.29, 0.717) is 0 Å². The van der Waals surface area contributed by atoms with Crippen molar-refractivity contribution in [3.63, 3.8) is 0 Å². The van der Waals surface area contributed by atoms with E-state index in [4.69, 9.17) is 5.11 Å². The minimum absolute atomic E-state index is 0.890. The molecule has 0 rings (SSSR count). The standard InChI is InChI=1S/C7H12O/c1-3-5-7(4-2)6-8/h3,5-6,8H,4H2,1-2H3/b5-3-,7-6-. The fourth-order valence-corrected chi connectivity index (χ4v) is 0.466. The van der Waals surface area contributed by atoms with E-state index >= 15 is 0 Å². The average Bonchev–Trinajstić information content (AvgIpc) is 1.83. The van der Waals surface area contributed by atoms with Crippen LogP contribution < -0.4 is 0 Å². The van der Waals surface area contributed by atoms with Gasteiger partial charge >= 0.3 is 0 Å². The zero-order valence-electron chi connectivity index (χ0n) is 5.39. The third kappa shape index (κ3) is 2.45. The second kappa shape index (κ2) is 4.44. The third-order valence-electron chi connectivity index (χ3n) is 0.955. The van der Waals surface area contributed by atoms with Crippen molar-refractivity contribution in [2.75, 3.05) is 0 Å². The van der Waals surface area contributed by atoms with E-state index in [2.05, 4.69) is 0 Å². The van der Waals surface area contributed by atoms with E-state index in [9.17, 15) is 0 Å². The maximum Gasteiger partial charge on any atom is 0.0823 e. The molecule has 0 aliphatic rings. The monoisotopic (exact) mass is 112 g/mol. The van der Waals surface area contributed by atoms with Crippen molar-refractivity contribution in [1.29, 1.82) is 0 Å². The second-order valence-corrected chi connectivity index (χ2v) is 1.56. The number of aliphatic hydroxyl groups is 1. The lowest BCUT2D eigenvalue weighted by atomic mass is 10.2. The van der Waals surface area contributed by atoms with Crippen LogP contribution in [0.1, 0.15) is 20.3 Å². The van der Waals surface area contributed by atoms with Crippen LogP contribution in [0, 0.1) is 0 Å². The first-order chi connectivity index (χ1) is 3.85. The van der Waals surface area contributed by atoms with Gasteiger partial charge in [0.2, 0.25) is 0 Å². The Morgan fingerprint density at radius 3 is 2.38 bits per heavy atom. The van der Waals surface area contributed by atoms with Crippen molar-refractivity contribution in [3.8, 4) is 0 Å². The zero-order valence-corrected chi connectivity index (χ0v) is 5.39. The normalized spacial score (nSPS) is 13.0. The van der Waals surface area contributed by atoms with E-state index in [-0.39, 0.29) is 0 Å². The molecule has 1 N–H and O–H groups in total. The number of rotatable bonds is 2. The van der Waals surface area contributed by atoms with Crippen LogP contribution in [0.3, 0.4) is 0 Å². The first-order valence-corrected chi connectivity index (χ1v) is 2.81. The van der Waals surface area contributed by atoms with Crippen LogP contribution in [0.4, 0.5) is 0 Å². The molecule has 0 bridgehead atoms. The summed E-state index contributed by atoms with van der Waals surface area (Å²) >= 11 is 0. The fraction of sp³-hybridized carbons (Fsp3) is 0.429. The average molecular weight is 112 g/mol. The Morgan fingerprint density at radius 2 is 2.25 bits per heavy atom. The summed E-state index contributed by atoms with van der Waals surface area (Å²) in [5.74, 6) is 0. The van der Waals surface area contributed by atoms with E-state index in [0.717, 1.165) is 18.3 Å². The van der Waals surface area contributed by atoms with Gasteiger partial charge < -0.3 is 5.11 Å². The largest absolute Gasteiger partial charge is 0.515 e. The van der Waals surface area contributed by atoms with Crippen LogP contribution >= 0.6 is 0 Å². The highest BCUT2D eigenvalue weighted by atomic mass is 16.2. The topological polar surface area (TPSA) is 20.2 Å². The number of aliphatic hydroxyl groups excluding tert-OH is 1. The summed E-state index contributed by atoms with van der Waals surface area (Å²) < 4.78 is 0. The Balaban J connectivity index is 3.72. The molecule has 1 heteroatoms. The highest BCUT2D eigenvalue weighted by Crippen LogP contribution is 1.99. The smallest absolute Gasteiger partial charge is 0.0823 e. The summed E-state index contributed by atoms with van der Waals surface area (Å²) in [5.41, 5.74) is 0.965. The molecule has 0 atom stereocenters. The van der Waals surface area contributed by atoms with Crippen LogP contribution in [0.2, 0.25) is 0 Å². The lowest BCUT2D eigenvalue weighted by Gasteiger charge is -1.88. The minimum Gasteiger partial charge on any atom is -0.515 e. The molecule has 0 aromatic heterocycles. The molecule has 46 valence electrons. The van der Waals surface area contributed by atoms with Crippen LogP contribution in [0.25, 0.3) is 0 Å². The highest BCUT2D eigenvalue weighted by Gasteiger charge is 1.81. The predicted octanol–water partition coefficient (Wildman–Crippen LogP) is 2.41. The molecule has 0 fully saturated rings. The SMILES string of the molecule is C/C=C\C(=C/O)CC. The van der Waals surface area contributed by atoms with E-state index in [1.54, 1.807) is 0 Å². The van der Waals surface area contributed by atoms with Gasteiger partial charge in [-0.1, -0.05) is 19.1 Å². The Bertz CT molecular complexity index is 98.2. The number of allylic oxidation sites excluding steroid dienone is 3. The molecule has 1 nitrogen and oxygen atoms in total. The van der Waals surface area contributed by atoms with Crippen molar-refractivity contribution in [3.05, 3.63) is 24.0 Å². The molecule has 0 spiro atoms. The van der Waals surface area contributed by atoms with Gasteiger partial charge in [0.05, 0.1) is 6.26 Å². The summed E-state index contributed by atoms with van der Waals surface area (Å²) in [6.07, 6.45) is 5.83. The maximum atomic E-state index is 8.44. The fourth-order valence-electron chi connectivity index (χ4n) is 0.466. The molecular weight excluding hydrogens is 100 g/mol. The lowest BCUT2D eigenvalue weighted by Crippen LogP contribution is -1.71. The molecule has 0 saturated carbocycles. The van der Waals surface area contributed by atoms with Gasteiger partial charge in [-0.25, -0.2) is 0 Å². The summed E-state index contributed by atoms with van der Waals surface area (Å²) in [6.45, 7) is 3.93. The van der Waals surface area contributed by atoms with Crippen molar-refractivity contribution in [1.82, 2.24) is 0 Å². The molecule has 0 unspecified atom stereocenters. The zero-order chi connectivity index (χ0) is 6.41. The van der Waals surface area contributed by atoms with Gasteiger partial charge in [0.1, 0.15) is 0 Å². The number of hydrogen-bond acceptors (Lipinski definition) is 1. The Labute approximate surface area is 50.3 Å². The Hall–Kier alpha value is -0.720. The number of hydrogen-bond donors (Lipinski definition) is 1. The molecule has 0 aromatic carbocycles. The summed E-state index contributed by atoms with van der Waals surface area (Å²) in [6, 6.07) is 0. The maximum absolute atomic E-state index is 8.44. The molecule has 0 aliphatic heterocycles. The van der Waals surface area contributed by atoms with Gasteiger partial charge in [0.15, 0.2) is 0 Å². The van der Waals surface area contributed by atoms with Gasteiger partial charge in [0.25, 0.3) is 0 Å². The summed E-state index contributed by atoms with van der Waals surface area (Å²) in [4.78, 5) is 0. The van der Waals surface area contributed by atoms with Gasteiger partial charge in [-0.3, -0.25) is 0 Å². The highest BCUT2D eigenvalue weighted by molar-refractivity contribution is 5.14. The van der Waals surface area contributed by atoms with Crippen LogP contribution in [-0.4, -0.2) is 5.11 Å². The predicted molar refractivity (Wildman–Crippen MR) is 35.8 cm³/mol. The molecule has 0 aromatic rings. The molecule has 0 saturated heterocycles. The molecule has 0 heterocycles. The van der Waals surface area contributed by atoms with Crippen molar-refractivity contribution in [2.24, 2.45) is 0 Å². The lowest BCUT2D eigenvalue weighted by molar-refractivity contribution is 0.467. The second-order valence-electron chi connectivity index (χ2n) is 1.56. The minimum atomic E-state index is 0.890. The Kier molecular flexibility index (Phi) is 4.04. The molecule has 8 heavy (non-hydrogen) atoms. The van der Waals surface area contributed by atoms with Crippen LogP contribution in [-0.2, 0) is 0 Å². The van der Waals surface area contributed by atoms with E-state index in [1.165, 1.54) is 0 Å². The molecule has 0 radical (unpaired) electrons. The first kappa shape index (κ1) is 7.28. The molecule has 0 aliphatic carbocycles. The summed E-state index contributed by atoms with van der Waals surface area (Å²) in [7, 11) is 0. The van der Waals surface area contributed by atoms with E-state index in [1.807, 2.05) is 26.0 Å². The van der Waals surface area contributed by atoms with Crippen molar-refractivity contribution in [2.45, 2.75) is 20.3 Å². The molecule has 0 amide bonds. The van der Waals surface area contributed by atoms with Crippen LogP contribution in [0.15, 0.2) is 24.0 Å². The quantitative estimate of drug-likeness (QED) is 0.429. The van der Waals surface area contributed by atoms with Gasteiger partial charge in [0, 0.05) is 0 Å². The van der Waals surface area contributed by atoms with E-state index < -0.39 is 0 Å². The van der Waals surface area contributed by atoms with Crippen molar-refractivity contribution >= 4 is 0 Å². The van der Waals surface area contributed by atoms with Gasteiger partial charge in [-0.15, -0.1) is 0 Å². The van der Waals surface area contributed by atoms with Crippen molar-refractivity contribution < 1.29 is 5.11 Å². The van der Waals surface area contributed by atoms with Gasteiger partial charge in [-0.2, -0.15) is 0 Å². The molecular formula is C7H12O.